The number of aromatic nitrogens is 2. The standard InChI is InChI=1S/C14H23N3O/c1-5-18-13-11(4)12(16-9-17-13)15-8-14(6-7-14)10(2)3/h9-10H,5-8H2,1-4H3,(H,15,16,17). The molecule has 18 heavy (non-hydrogen) atoms. The van der Waals surface area contributed by atoms with Crippen molar-refractivity contribution in [1.29, 1.82) is 0 Å². The van der Waals surface area contributed by atoms with Crippen LogP contribution in [0.2, 0.25) is 0 Å². The summed E-state index contributed by atoms with van der Waals surface area (Å²) in [6.07, 6.45) is 4.20. The summed E-state index contributed by atoms with van der Waals surface area (Å²) in [7, 11) is 0. The van der Waals surface area contributed by atoms with Gasteiger partial charge in [-0.3, -0.25) is 0 Å². The van der Waals surface area contributed by atoms with Gasteiger partial charge in [-0.1, -0.05) is 13.8 Å². The average Bonchev–Trinajstić information content (AvgIpc) is 3.12. The van der Waals surface area contributed by atoms with Crippen molar-refractivity contribution < 1.29 is 4.74 Å². The first kappa shape index (κ1) is 13.1. The molecule has 4 nitrogen and oxygen atoms in total. The van der Waals surface area contributed by atoms with E-state index in [-0.39, 0.29) is 0 Å². The van der Waals surface area contributed by atoms with E-state index in [9.17, 15) is 0 Å². The first-order valence-corrected chi connectivity index (χ1v) is 6.77. The molecular formula is C14H23N3O. The lowest BCUT2D eigenvalue weighted by Gasteiger charge is -2.21. The molecule has 0 atom stereocenters. The van der Waals surface area contributed by atoms with Gasteiger partial charge in [0.25, 0.3) is 0 Å². The fourth-order valence-corrected chi connectivity index (χ4v) is 2.27. The lowest BCUT2D eigenvalue weighted by molar-refractivity contribution is 0.323. The fourth-order valence-electron chi connectivity index (χ4n) is 2.27. The Kier molecular flexibility index (Phi) is 3.73. The summed E-state index contributed by atoms with van der Waals surface area (Å²) in [6, 6.07) is 0. The Bertz CT molecular complexity index is 414. The van der Waals surface area contributed by atoms with Crippen molar-refractivity contribution in [1.82, 2.24) is 9.97 Å². The minimum atomic E-state index is 0.475. The van der Waals surface area contributed by atoms with Crippen LogP contribution in [0.4, 0.5) is 5.82 Å². The Morgan fingerprint density at radius 1 is 1.39 bits per heavy atom. The second kappa shape index (κ2) is 5.12. The fraction of sp³-hybridized carbons (Fsp3) is 0.714. The summed E-state index contributed by atoms with van der Waals surface area (Å²) < 4.78 is 5.48. The van der Waals surface area contributed by atoms with Crippen molar-refractivity contribution in [2.24, 2.45) is 11.3 Å². The monoisotopic (exact) mass is 249 g/mol. The van der Waals surface area contributed by atoms with Crippen LogP contribution in [0.25, 0.3) is 0 Å². The summed E-state index contributed by atoms with van der Waals surface area (Å²) in [5.41, 5.74) is 1.47. The van der Waals surface area contributed by atoms with Crippen LogP contribution in [0.15, 0.2) is 6.33 Å². The summed E-state index contributed by atoms with van der Waals surface area (Å²) in [5, 5.41) is 3.46. The van der Waals surface area contributed by atoms with Crippen molar-refractivity contribution in [3.63, 3.8) is 0 Å². The number of ether oxygens (including phenoxy) is 1. The number of hydrogen-bond donors (Lipinski definition) is 1. The molecule has 0 radical (unpaired) electrons. The van der Waals surface area contributed by atoms with Gasteiger partial charge < -0.3 is 10.1 Å². The molecule has 1 heterocycles. The molecular weight excluding hydrogens is 226 g/mol. The zero-order valence-electron chi connectivity index (χ0n) is 11.8. The third kappa shape index (κ3) is 2.57. The molecule has 1 aromatic heterocycles. The largest absolute Gasteiger partial charge is 0.478 e. The minimum absolute atomic E-state index is 0.475. The van der Waals surface area contributed by atoms with Crippen LogP contribution >= 0.6 is 0 Å². The molecule has 1 aliphatic rings. The molecule has 1 saturated carbocycles. The maximum absolute atomic E-state index is 5.48. The Morgan fingerprint density at radius 2 is 2.11 bits per heavy atom. The van der Waals surface area contributed by atoms with E-state index in [1.807, 2.05) is 13.8 Å². The first-order chi connectivity index (χ1) is 8.59. The zero-order valence-corrected chi connectivity index (χ0v) is 11.8. The Hall–Kier alpha value is -1.32. The van der Waals surface area contributed by atoms with E-state index in [4.69, 9.17) is 4.74 Å². The number of nitrogens with zero attached hydrogens (tertiary/aromatic N) is 2. The molecule has 100 valence electrons. The van der Waals surface area contributed by atoms with Crippen LogP contribution in [-0.4, -0.2) is 23.1 Å². The van der Waals surface area contributed by atoms with Gasteiger partial charge >= 0.3 is 0 Å². The smallest absolute Gasteiger partial charge is 0.221 e. The minimum Gasteiger partial charge on any atom is -0.478 e. The molecule has 0 aliphatic heterocycles. The first-order valence-electron chi connectivity index (χ1n) is 6.77. The van der Waals surface area contributed by atoms with E-state index in [2.05, 4.69) is 29.1 Å². The number of nitrogens with one attached hydrogen (secondary N) is 1. The maximum Gasteiger partial charge on any atom is 0.221 e. The molecule has 1 fully saturated rings. The van der Waals surface area contributed by atoms with Gasteiger partial charge in [0.05, 0.1) is 12.2 Å². The molecule has 0 spiro atoms. The van der Waals surface area contributed by atoms with Gasteiger partial charge in [-0.05, 0) is 38.0 Å². The highest BCUT2D eigenvalue weighted by Crippen LogP contribution is 2.51. The highest BCUT2D eigenvalue weighted by atomic mass is 16.5. The second-order valence-corrected chi connectivity index (χ2v) is 5.46. The van der Waals surface area contributed by atoms with Gasteiger partial charge in [0.15, 0.2) is 0 Å². The summed E-state index contributed by atoms with van der Waals surface area (Å²) in [6.45, 7) is 10.2. The molecule has 4 heteroatoms. The Balaban J connectivity index is 2.03. The Labute approximate surface area is 109 Å². The van der Waals surface area contributed by atoms with Crippen molar-refractivity contribution >= 4 is 5.82 Å². The maximum atomic E-state index is 5.48. The van der Waals surface area contributed by atoms with E-state index in [0.717, 1.165) is 23.8 Å². The van der Waals surface area contributed by atoms with E-state index in [1.165, 1.54) is 12.8 Å². The van der Waals surface area contributed by atoms with Crippen LogP contribution in [0, 0.1) is 18.3 Å². The van der Waals surface area contributed by atoms with Crippen molar-refractivity contribution in [3.8, 4) is 5.88 Å². The Morgan fingerprint density at radius 3 is 2.67 bits per heavy atom. The molecule has 0 aromatic carbocycles. The van der Waals surface area contributed by atoms with Gasteiger partial charge in [0.2, 0.25) is 5.88 Å². The van der Waals surface area contributed by atoms with Crippen LogP contribution in [0.5, 0.6) is 5.88 Å². The highest BCUT2D eigenvalue weighted by Gasteiger charge is 2.45. The van der Waals surface area contributed by atoms with E-state index >= 15 is 0 Å². The summed E-state index contributed by atoms with van der Waals surface area (Å²) in [4.78, 5) is 8.46. The highest BCUT2D eigenvalue weighted by molar-refractivity contribution is 5.47. The molecule has 0 bridgehead atoms. The molecule has 2 rings (SSSR count). The van der Waals surface area contributed by atoms with Crippen molar-refractivity contribution in [2.75, 3.05) is 18.5 Å². The van der Waals surface area contributed by atoms with Crippen LogP contribution < -0.4 is 10.1 Å². The quantitative estimate of drug-likeness (QED) is 0.841. The topological polar surface area (TPSA) is 47.0 Å². The number of rotatable bonds is 6. The van der Waals surface area contributed by atoms with E-state index in [1.54, 1.807) is 6.33 Å². The van der Waals surface area contributed by atoms with Gasteiger partial charge in [-0.2, -0.15) is 0 Å². The third-order valence-electron chi connectivity index (χ3n) is 4.04. The van der Waals surface area contributed by atoms with E-state index in [0.29, 0.717) is 17.9 Å². The lowest BCUT2D eigenvalue weighted by Crippen LogP contribution is -2.21. The molecule has 0 saturated heterocycles. The summed E-state index contributed by atoms with van der Waals surface area (Å²) in [5.74, 6) is 2.31. The molecule has 0 unspecified atom stereocenters. The number of anilines is 1. The molecule has 1 aromatic rings. The predicted molar refractivity (Wildman–Crippen MR) is 72.9 cm³/mol. The van der Waals surface area contributed by atoms with Gasteiger partial charge in [-0.15, -0.1) is 0 Å². The predicted octanol–water partition coefficient (Wildman–Crippen LogP) is 3.03. The average molecular weight is 249 g/mol. The molecule has 1 aliphatic carbocycles. The van der Waals surface area contributed by atoms with Gasteiger partial charge in [-0.25, -0.2) is 9.97 Å². The van der Waals surface area contributed by atoms with E-state index < -0.39 is 0 Å². The van der Waals surface area contributed by atoms with Crippen molar-refractivity contribution in [2.45, 2.75) is 40.5 Å². The number of hydrogen-bond acceptors (Lipinski definition) is 4. The lowest BCUT2D eigenvalue weighted by atomic mass is 9.92. The van der Waals surface area contributed by atoms with Crippen LogP contribution in [0.3, 0.4) is 0 Å². The summed E-state index contributed by atoms with van der Waals surface area (Å²) >= 11 is 0. The van der Waals surface area contributed by atoms with Crippen molar-refractivity contribution in [3.05, 3.63) is 11.9 Å². The van der Waals surface area contributed by atoms with Crippen LogP contribution in [-0.2, 0) is 0 Å². The van der Waals surface area contributed by atoms with Gasteiger partial charge in [0.1, 0.15) is 12.1 Å². The van der Waals surface area contributed by atoms with Gasteiger partial charge in [0, 0.05) is 6.54 Å². The second-order valence-electron chi connectivity index (χ2n) is 5.46. The molecule has 1 N–H and O–H groups in total. The third-order valence-corrected chi connectivity index (χ3v) is 4.04. The molecule has 0 amide bonds. The SMILES string of the molecule is CCOc1ncnc(NCC2(C(C)C)CC2)c1C. The normalized spacial score (nSPS) is 16.7. The zero-order chi connectivity index (χ0) is 13.2. The van der Waals surface area contributed by atoms with Crippen LogP contribution in [0.1, 0.15) is 39.2 Å².